The molecule has 7 nitrogen and oxygen atoms in total. The molecule has 122 valence electrons. The molecule has 2 N–H and O–H groups in total. The largest absolute Gasteiger partial charge is 0.503 e. The van der Waals surface area contributed by atoms with Crippen molar-refractivity contribution < 1.29 is 28.9 Å². The molecule has 0 atom stereocenters. The minimum atomic E-state index is -1.17. The third-order valence-corrected chi connectivity index (χ3v) is 2.90. The average Bonchev–Trinajstić information content (AvgIpc) is 2.47. The maximum absolute atomic E-state index is 11.9. The number of carbonyl (C=O) groups is 1. The lowest BCUT2D eigenvalue weighted by Crippen LogP contribution is -2.11. The number of aromatic hydroxyl groups is 1. The Bertz CT molecular complexity index is 813. The van der Waals surface area contributed by atoms with Gasteiger partial charge in [-0.2, -0.15) is 0 Å². The maximum Gasteiger partial charge on any atom is 0.383 e. The second-order valence-corrected chi connectivity index (χ2v) is 4.97. The minimum absolute atomic E-state index is 0.0740. The molecule has 1 aromatic carbocycles. The quantitative estimate of drug-likeness (QED) is 0.621. The Labute approximate surface area is 131 Å². The van der Waals surface area contributed by atoms with Crippen molar-refractivity contribution in [3.63, 3.8) is 0 Å². The fourth-order valence-electron chi connectivity index (χ4n) is 1.86. The first-order valence-corrected chi connectivity index (χ1v) is 6.79. The zero-order chi connectivity index (χ0) is 17.0. The van der Waals surface area contributed by atoms with Crippen LogP contribution >= 0.6 is 0 Å². The molecular weight excluding hydrogens is 304 g/mol. The summed E-state index contributed by atoms with van der Waals surface area (Å²) < 4.78 is 15.5. The van der Waals surface area contributed by atoms with Gasteiger partial charge in [0.15, 0.2) is 12.4 Å². The standard InChI is InChI=1S/C16H16O7/c1-9(2)6-7-21-15-14(19)13-10(22-8-12(17)18)4-3-5-11(13)23-16(15)20/h3-6,19H,7-8H2,1-2H3,(H,17,18). The van der Waals surface area contributed by atoms with Crippen LogP contribution in [0.25, 0.3) is 11.0 Å². The van der Waals surface area contributed by atoms with E-state index in [1.165, 1.54) is 18.2 Å². The third kappa shape index (κ3) is 3.82. The number of rotatable bonds is 6. The Morgan fingerprint density at radius 3 is 2.70 bits per heavy atom. The molecule has 0 amide bonds. The van der Waals surface area contributed by atoms with E-state index in [0.29, 0.717) is 0 Å². The van der Waals surface area contributed by atoms with Crippen molar-refractivity contribution in [3.05, 3.63) is 40.3 Å². The Hall–Kier alpha value is -2.96. The summed E-state index contributed by atoms with van der Waals surface area (Å²) in [4.78, 5) is 22.5. The molecule has 0 fully saturated rings. The molecule has 0 unspecified atom stereocenters. The molecule has 0 aliphatic rings. The lowest BCUT2D eigenvalue weighted by molar-refractivity contribution is -0.139. The van der Waals surface area contributed by atoms with Gasteiger partial charge in [0.25, 0.3) is 0 Å². The zero-order valence-electron chi connectivity index (χ0n) is 12.7. The molecule has 1 aromatic heterocycles. The topological polar surface area (TPSA) is 106 Å². The van der Waals surface area contributed by atoms with Crippen LogP contribution in [0, 0.1) is 0 Å². The van der Waals surface area contributed by atoms with E-state index in [1.54, 1.807) is 6.08 Å². The fourth-order valence-corrected chi connectivity index (χ4v) is 1.86. The molecule has 2 rings (SSSR count). The highest BCUT2D eigenvalue weighted by Gasteiger charge is 2.19. The van der Waals surface area contributed by atoms with Crippen molar-refractivity contribution in [2.75, 3.05) is 13.2 Å². The van der Waals surface area contributed by atoms with Gasteiger partial charge in [-0.1, -0.05) is 11.6 Å². The molecule has 2 aromatic rings. The highest BCUT2D eigenvalue weighted by molar-refractivity contribution is 5.91. The highest BCUT2D eigenvalue weighted by atomic mass is 16.5. The van der Waals surface area contributed by atoms with Gasteiger partial charge in [0, 0.05) is 0 Å². The number of fused-ring (bicyclic) bond motifs is 1. The van der Waals surface area contributed by atoms with E-state index in [0.717, 1.165) is 5.57 Å². The molecule has 0 bridgehead atoms. The van der Waals surface area contributed by atoms with Gasteiger partial charge in [-0.15, -0.1) is 0 Å². The van der Waals surface area contributed by atoms with Gasteiger partial charge in [-0.05, 0) is 32.1 Å². The fraction of sp³-hybridized carbons (Fsp3) is 0.250. The number of hydrogen-bond donors (Lipinski definition) is 2. The van der Waals surface area contributed by atoms with Crippen LogP contribution in [0.5, 0.6) is 17.2 Å². The summed E-state index contributed by atoms with van der Waals surface area (Å²) in [5, 5.41) is 19.1. The van der Waals surface area contributed by atoms with E-state index in [9.17, 15) is 14.7 Å². The first-order chi connectivity index (χ1) is 10.9. The van der Waals surface area contributed by atoms with Gasteiger partial charge >= 0.3 is 11.6 Å². The maximum atomic E-state index is 11.9. The Kier molecular flexibility index (Phi) is 4.90. The predicted molar refractivity (Wildman–Crippen MR) is 82.2 cm³/mol. The van der Waals surface area contributed by atoms with Gasteiger partial charge in [-0.25, -0.2) is 9.59 Å². The second-order valence-electron chi connectivity index (χ2n) is 4.97. The predicted octanol–water partition coefficient (Wildman–Crippen LogP) is 2.31. The Morgan fingerprint density at radius 2 is 2.04 bits per heavy atom. The van der Waals surface area contributed by atoms with Crippen LogP contribution in [-0.4, -0.2) is 29.4 Å². The van der Waals surface area contributed by atoms with E-state index < -0.39 is 24.0 Å². The van der Waals surface area contributed by atoms with E-state index >= 15 is 0 Å². The number of carboxylic acid groups (broad SMARTS) is 1. The summed E-state index contributed by atoms with van der Waals surface area (Å²) in [6, 6.07) is 4.44. The number of allylic oxidation sites excluding steroid dienone is 1. The van der Waals surface area contributed by atoms with Crippen LogP contribution in [-0.2, 0) is 4.79 Å². The number of hydrogen-bond acceptors (Lipinski definition) is 6. The Morgan fingerprint density at radius 1 is 1.30 bits per heavy atom. The lowest BCUT2D eigenvalue weighted by Gasteiger charge is -2.10. The first-order valence-electron chi connectivity index (χ1n) is 6.79. The summed E-state index contributed by atoms with van der Waals surface area (Å²) >= 11 is 0. The molecule has 0 spiro atoms. The molecule has 1 heterocycles. The van der Waals surface area contributed by atoms with Crippen molar-refractivity contribution >= 4 is 16.9 Å². The van der Waals surface area contributed by atoms with Crippen LogP contribution in [0.2, 0.25) is 0 Å². The smallest absolute Gasteiger partial charge is 0.383 e. The molecule has 0 saturated heterocycles. The summed E-state index contributed by atoms with van der Waals surface area (Å²) in [6.07, 6.45) is 1.73. The molecule has 7 heteroatoms. The first kappa shape index (κ1) is 16.4. The number of aliphatic carboxylic acids is 1. The minimum Gasteiger partial charge on any atom is -0.503 e. The van der Waals surface area contributed by atoms with Crippen LogP contribution in [0.4, 0.5) is 0 Å². The normalized spacial score (nSPS) is 10.3. The molecular formula is C16H16O7. The summed E-state index contributed by atoms with van der Waals surface area (Å²) in [5.41, 5.74) is 0.234. The van der Waals surface area contributed by atoms with Gasteiger partial charge in [0.2, 0.25) is 5.75 Å². The summed E-state index contributed by atoms with van der Waals surface area (Å²) in [5.74, 6) is -1.88. The van der Waals surface area contributed by atoms with Gasteiger partial charge in [0.05, 0.1) is 0 Å². The molecule has 0 radical (unpaired) electrons. The molecule has 0 aliphatic heterocycles. The van der Waals surface area contributed by atoms with E-state index in [-0.39, 0.29) is 29.1 Å². The van der Waals surface area contributed by atoms with Crippen molar-refractivity contribution in [3.8, 4) is 17.2 Å². The van der Waals surface area contributed by atoms with E-state index in [2.05, 4.69) is 0 Å². The van der Waals surface area contributed by atoms with Crippen LogP contribution in [0.1, 0.15) is 13.8 Å². The third-order valence-electron chi connectivity index (χ3n) is 2.90. The highest BCUT2D eigenvalue weighted by Crippen LogP contribution is 2.37. The molecule has 0 saturated carbocycles. The van der Waals surface area contributed by atoms with E-state index in [4.69, 9.17) is 19.0 Å². The van der Waals surface area contributed by atoms with Gasteiger partial charge in [0.1, 0.15) is 23.3 Å². The second kappa shape index (κ2) is 6.87. The van der Waals surface area contributed by atoms with E-state index in [1.807, 2.05) is 13.8 Å². The van der Waals surface area contributed by atoms with Crippen molar-refractivity contribution in [2.45, 2.75) is 13.8 Å². The zero-order valence-corrected chi connectivity index (χ0v) is 12.7. The Balaban J connectivity index is 2.49. The number of ether oxygens (including phenoxy) is 2. The lowest BCUT2D eigenvalue weighted by atomic mass is 10.2. The van der Waals surface area contributed by atoms with Gasteiger partial charge < -0.3 is 24.1 Å². The van der Waals surface area contributed by atoms with Crippen LogP contribution < -0.4 is 15.1 Å². The van der Waals surface area contributed by atoms with Gasteiger partial charge in [-0.3, -0.25) is 0 Å². The summed E-state index contributed by atoms with van der Waals surface area (Å²) in [6.45, 7) is 3.23. The number of carboxylic acids is 1. The van der Waals surface area contributed by atoms with Crippen LogP contribution in [0.3, 0.4) is 0 Å². The average molecular weight is 320 g/mol. The van der Waals surface area contributed by atoms with Crippen molar-refractivity contribution in [1.82, 2.24) is 0 Å². The SMILES string of the molecule is CC(C)=CCOc1c(O)c2c(OCC(=O)O)cccc2oc1=O. The van der Waals surface area contributed by atoms with Crippen LogP contribution in [0.15, 0.2) is 39.1 Å². The number of benzene rings is 1. The van der Waals surface area contributed by atoms with Crippen molar-refractivity contribution in [1.29, 1.82) is 0 Å². The van der Waals surface area contributed by atoms with Crippen molar-refractivity contribution in [2.24, 2.45) is 0 Å². The summed E-state index contributed by atoms with van der Waals surface area (Å²) in [7, 11) is 0. The monoisotopic (exact) mass is 320 g/mol. The molecule has 0 aliphatic carbocycles. The molecule has 23 heavy (non-hydrogen) atoms.